The van der Waals surface area contributed by atoms with E-state index < -0.39 is 49.2 Å². The third-order valence-corrected chi connectivity index (χ3v) is 1.96. The molecule has 0 N–H and O–H groups in total. The van der Waals surface area contributed by atoms with Crippen LogP contribution in [0.2, 0.25) is 0 Å². The molecule has 10 nitrogen and oxygen atoms in total. The summed E-state index contributed by atoms with van der Waals surface area (Å²) < 4.78 is 21.9. The highest BCUT2D eigenvalue weighted by Crippen LogP contribution is 1.99. The maximum Gasteiger partial charge on any atom is 0.417 e. The minimum Gasteiger partial charge on any atom is -0.461 e. The van der Waals surface area contributed by atoms with E-state index in [9.17, 15) is 24.0 Å². The van der Waals surface area contributed by atoms with Crippen LogP contribution in [0.3, 0.4) is 0 Å². The van der Waals surface area contributed by atoms with Crippen molar-refractivity contribution in [1.29, 1.82) is 0 Å². The Morgan fingerprint density at radius 2 is 1.36 bits per heavy atom. The fraction of sp³-hybridized carbons (Fsp3) is 0.417. The molecule has 0 heterocycles. The van der Waals surface area contributed by atoms with E-state index in [1.54, 1.807) is 0 Å². The summed E-state index contributed by atoms with van der Waals surface area (Å²) in [7, 11) is 1.91. The summed E-state index contributed by atoms with van der Waals surface area (Å²) in [4.78, 5) is 55.0. The number of esters is 5. The van der Waals surface area contributed by atoms with Gasteiger partial charge < -0.3 is 23.7 Å². The number of hydrogen-bond acceptors (Lipinski definition) is 10. The molecule has 122 valence electrons. The van der Waals surface area contributed by atoms with E-state index in [1.807, 2.05) is 0 Å². The SMILES string of the molecule is C=CC(=O)OCC(COC(=O)C(=O)OC)OC(=O)C(=O)OC. The van der Waals surface area contributed by atoms with E-state index in [0.29, 0.717) is 0 Å². The molecule has 0 aliphatic heterocycles. The predicted molar refractivity (Wildman–Crippen MR) is 66.0 cm³/mol. The van der Waals surface area contributed by atoms with Gasteiger partial charge in [0.15, 0.2) is 6.10 Å². The van der Waals surface area contributed by atoms with E-state index in [0.717, 1.165) is 20.3 Å². The third-order valence-electron chi connectivity index (χ3n) is 1.96. The maximum absolute atomic E-state index is 11.2. The van der Waals surface area contributed by atoms with Crippen molar-refractivity contribution < 1.29 is 47.7 Å². The Labute approximate surface area is 124 Å². The Kier molecular flexibility index (Phi) is 8.60. The van der Waals surface area contributed by atoms with E-state index >= 15 is 0 Å². The van der Waals surface area contributed by atoms with Crippen molar-refractivity contribution in [3.05, 3.63) is 12.7 Å². The molecule has 0 fully saturated rings. The van der Waals surface area contributed by atoms with Gasteiger partial charge in [-0.15, -0.1) is 0 Å². The first-order valence-corrected chi connectivity index (χ1v) is 5.68. The van der Waals surface area contributed by atoms with Crippen LogP contribution < -0.4 is 0 Å². The second kappa shape index (κ2) is 9.91. The van der Waals surface area contributed by atoms with Gasteiger partial charge in [-0.1, -0.05) is 6.58 Å². The fourth-order valence-electron chi connectivity index (χ4n) is 0.944. The standard InChI is InChI=1S/C12H14O10/c1-4-8(13)20-5-7(22-12(17)10(15)19-3)6-21-11(16)9(14)18-2/h4,7H,1,5-6H2,2-3H3. The molecular formula is C12H14O10. The van der Waals surface area contributed by atoms with E-state index in [2.05, 4.69) is 30.3 Å². The average molecular weight is 318 g/mol. The molecule has 1 unspecified atom stereocenters. The smallest absolute Gasteiger partial charge is 0.417 e. The first kappa shape index (κ1) is 19.1. The number of carbonyl (C=O) groups excluding carboxylic acids is 5. The molecule has 0 aromatic carbocycles. The zero-order chi connectivity index (χ0) is 17.1. The van der Waals surface area contributed by atoms with Gasteiger partial charge in [-0.3, -0.25) is 0 Å². The summed E-state index contributed by atoms with van der Waals surface area (Å²) in [6.07, 6.45) is -0.483. The Balaban J connectivity index is 4.63. The van der Waals surface area contributed by atoms with Gasteiger partial charge in [-0.2, -0.15) is 0 Å². The number of hydrogen-bond donors (Lipinski definition) is 0. The van der Waals surface area contributed by atoms with Crippen LogP contribution in [0.25, 0.3) is 0 Å². The van der Waals surface area contributed by atoms with Gasteiger partial charge in [0.2, 0.25) is 0 Å². The Morgan fingerprint density at radius 1 is 0.864 bits per heavy atom. The number of ether oxygens (including phenoxy) is 5. The summed E-state index contributed by atoms with van der Waals surface area (Å²) in [5, 5.41) is 0. The van der Waals surface area contributed by atoms with Gasteiger partial charge in [-0.05, 0) is 0 Å². The van der Waals surface area contributed by atoms with Crippen LogP contribution in [0.4, 0.5) is 0 Å². The normalized spacial score (nSPS) is 10.6. The largest absolute Gasteiger partial charge is 0.461 e. The van der Waals surface area contributed by atoms with Gasteiger partial charge >= 0.3 is 29.8 Å². The van der Waals surface area contributed by atoms with Crippen molar-refractivity contribution in [2.24, 2.45) is 0 Å². The molecule has 0 aromatic rings. The Hall–Kier alpha value is -2.91. The third kappa shape index (κ3) is 7.03. The van der Waals surface area contributed by atoms with Crippen molar-refractivity contribution in [3.8, 4) is 0 Å². The van der Waals surface area contributed by atoms with Crippen LogP contribution in [0.15, 0.2) is 12.7 Å². The molecule has 10 heteroatoms. The minimum absolute atomic E-state index is 0.540. The lowest BCUT2D eigenvalue weighted by atomic mass is 10.4. The monoisotopic (exact) mass is 318 g/mol. The van der Waals surface area contributed by atoms with E-state index in [-0.39, 0.29) is 0 Å². The minimum atomic E-state index is -1.39. The van der Waals surface area contributed by atoms with Gasteiger partial charge in [0, 0.05) is 6.08 Å². The summed E-state index contributed by atoms with van der Waals surface area (Å²) >= 11 is 0. The van der Waals surface area contributed by atoms with Gasteiger partial charge in [0.05, 0.1) is 14.2 Å². The van der Waals surface area contributed by atoms with Crippen molar-refractivity contribution in [1.82, 2.24) is 0 Å². The average Bonchev–Trinajstić information content (AvgIpc) is 2.54. The predicted octanol–water partition coefficient (Wildman–Crippen LogP) is -1.48. The highest BCUT2D eigenvalue weighted by molar-refractivity contribution is 6.30. The number of methoxy groups -OCH3 is 2. The van der Waals surface area contributed by atoms with Gasteiger partial charge in [-0.25, -0.2) is 24.0 Å². The maximum atomic E-state index is 11.2. The molecule has 0 radical (unpaired) electrons. The summed E-state index contributed by atoms with van der Waals surface area (Å²) in [5.74, 6) is -6.16. The molecular weight excluding hydrogens is 304 g/mol. The molecule has 1 atom stereocenters. The van der Waals surface area contributed by atoms with Crippen molar-refractivity contribution in [2.45, 2.75) is 6.10 Å². The molecule has 0 amide bonds. The zero-order valence-corrected chi connectivity index (χ0v) is 11.9. The lowest BCUT2D eigenvalue weighted by Gasteiger charge is -2.16. The van der Waals surface area contributed by atoms with E-state index in [4.69, 9.17) is 0 Å². The second-order valence-corrected chi connectivity index (χ2v) is 3.44. The van der Waals surface area contributed by atoms with Crippen LogP contribution in [0.1, 0.15) is 0 Å². The van der Waals surface area contributed by atoms with Crippen molar-refractivity contribution >= 4 is 29.8 Å². The Bertz CT molecular complexity index is 467. The van der Waals surface area contributed by atoms with E-state index in [1.165, 1.54) is 0 Å². The Morgan fingerprint density at radius 3 is 1.86 bits per heavy atom. The first-order chi connectivity index (χ1) is 10.3. The first-order valence-electron chi connectivity index (χ1n) is 5.68. The lowest BCUT2D eigenvalue weighted by Crippen LogP contribution is -2.34. The molecule has 0 aliphatic carbocycles. The molecule has 0 saturated carbocycles. The van der Waals surface area contributed by atoms with Crippen LogP contribution in [-0.4, -0.2) is 63.4 Å². The molecule has 0 bridgehead atoms. The van der Waals surface area contributed by atoms with Crippen LogP contribution in [0, 0.1) is 0 Å². The van der Waals surface area contributed by atoms with Crippen molar-refractivity contribution in [3.63, 3.8) is 0 Å². The fourth-order valence-corrected chi connectivity index (χ4v) is 0.944. The molecule has 0 spiro atoms. The van der Waals surface area contributed by atoms with Crippen LogP contribution in [0.5, 0.6) is 0 Å². The molecule has 22 heavy (non-hydrogen) atoms. The van der Waals surface area contributed by atoms with Crippen LogP contribution >= 0.6 is 0 Å². The highest BCUT2D eigenvalue weighted by Gasteiger charge is 2.25. The zero-order valence-electron chi connectivity index (χ0n) is 11.9. The summed E-state index contributed by atoms with van der Waals surface area (Å²) in [6, 6.07) is 0. The van der Waals surface area contributed by atoms with Crippen molar-refractivity contribution in [2.75, 3.05) is 27.4 Å². The second-order valence-electron chi connectivity index (χ2n) is 3.44. The highest BCUT2D eigenvalue weighted by atomic mass is 16.6. The molecule has 0 rings (SSSR count). The summed E-state index contributed by atoms with van der Waals surface area (Å²) in [6.45, 7) is 1.96. The van der Waals surface area contributed by atoms with Gasteiger partial charge in [0.25, 0.3) is 0 Å². The summed E-state index contributed by atoms with van der Waals surface area (Å²) in [5.41, 5.74) is 0. The van der Waals surface area contributed by atoms with Gasteiger partial charge in [0.1, 0.15) is 13.2 Å². The molecule has 0 aliphatic rings. The van der Waals surface area contributed by atoms with Crippen LogP contribution in [-0.2, 0) is 47.7 Å². The molecule has 0 saturated heterocycles. The topological polar surface area (TPSA) is 132 Å². The number of carbonyl (C=O) groups is 5. The molecule has 0 aromatic heterocycles. The quantitative estimate of drug-likeness (QED) is 0.247. The lowest BCUT2D eigenvalue weighted by molar-refractivity contribution is -0.178. The number of rotatable bonds is 6.